The summed E-state index contributed by atoms with van der Waals surface area (Å²) >= 11 is 0. The van der Waals surface area contributed by atoms with Crippen LogP contribution in [0.1, 0.15) is 38.7 Å². The molecule has 1 N–H and O–H groups in total. The number of hydrogen-bond donors (Lipinski definition) is 1. The zero-order chi connectivity index (χ0) is 13.2. The first kappa shape index (κ1) is 12.9. The van der Waals surface area contributed by atoms with E-state index in [1.165, 1.54) is 6.42 Å². The lowest BCUT2D eigenvalue weighted by Crippen LogP contribution is -2.28. The maximum atomic E-state index is 11.2. The topological polar surface area (TPSA) is 46.5 Å². The molecule has 0 saturated heterocycles. The van der Waals surface area contributed by atoms with E-state index < -0.39 is 11.4 Å². The van der Waals surface area contributed by atoms with E-state index in [0.29, 0.717) is 12.5 Å². The van der Waals surface area contributed by atoms with Crippen molar-refractivity contribution >= 4 is 5.97 Å². The zero-order valence-electron chi connectivity index (χ0n) is 11.0. The highest BCUT2D eigenvalue weighted by Crippen LogP contribution is 2.31. The van der Waals surface area contributed by atoms with Crippen LogP contribution in [0.3, 0.4) is 0 Å². The van der Waals surface area contributed by atoms with Gasteiger partial charge in [0.15, 0.2) is 0 Å². The van der Waals surface area contributed by atoms with Gasteiger partial charge in [0.2, 0.25) is 0 Å². The number of para-hydroxylation sites is 1. The van der Waals surface area contributed by atoms with Crippen LogP contribution < -0.4 is 4.74 Å². The van der Waals surface area contributed by atoms with Crippen LogP contribution in [-0.2, 0) is 11.2 Å². The Morgan fingerprint density at radius 3 is 2.61 bits per heavy atom. The van der Waals surface area contributed by atoms with E-state index in [1.807, 2.05) is 24.3 Å². The third kappa shape index (κ3) is 2.84. The van der Waals surface area contributed by atoms with Crippen LogP contribution >= 0.6 is 0 Å². The molecular formula is C15H20O3. The highest BCUT2D eigenvalue weighted by Gasteiger charge is 2.29. The Hall–Kier alpha value is -1.51. The molecule has 0 amide bonds. The summed E-state index contributed by atoms with van der Waals surface area (Å²) in [5.74, 6) is 0.0671. The predicted molar refractivity (Wildman–Crippen MR) is 69.8 cm³/mol. The van der Waals surface area contributed by atoms with Gasteiger partial charge in [0.1, 0.15) is 5.75 Å². The van der Waals surface area contributed by atoms with Gasteiger partial charge in [-0.3, -0.25) is 4.79 Å². The molecule has 0 aromatic heterocycles. The molecule has 2 rings (SSSR count). The van der Waals surface area contributed by atoms with E-state index >= 15 is 0 Å². The summed E-state index contributed by atoms with van der Waals surface area (Å²) in [6.07, 6.45) is 4.26. The second-order valence-corrected chi connectivity index (χ2v) is 5.64. The van der Waals surface area contributed by atoms with E-state index in [9.17, 15) is 9.90 Å². The Morgan fingerprint density at radius 2 is 2.06 bits per heavy atom. The average molecular weight is 248 g/mol. The van der Waals surface area contributed by atoms with Crippen molar-refractivity contribution in [1.29, 1.82) is 0 Å². The summed E-state index contributed by atoms with van der Waals surface area (Å²) in [4.78, 5) is 11.2. The molecule has 0 aliphatic heterocycles. The lowest BCUT2D eigenvalue weighted by Gasteiger charge is -2.28. The molecule has 0 spiro atoms. The Morgan fingerprint density at radius 1 is 1.39 bits per heavy atom. The van der Waals surface area contributed by atoms with Crippen molar-refractivity contribution in [3.8, 4) is 5.75 Å². The largest absolute Gasteiger partial charge is 0.490 e. The lowest BCUT2D eigenvalue weighted by atomic mass is 9.85. The first-order valence-electron chi connectivity index (χ1n) is 6.47. The van der Waals surface area contributed by atoms with Crippen molar-refractivity contribution in [2.75, 3.05) is 0 Å². The second kappa shape index (κ2) is 5.01. The molecule has 0 unspecified atom stereocenters. The third-order valence-corrected chi connectivity index (χ3v) is 3.53. The fourth-order valence-electron chi connectivity index (χ4n) is 1.98. The normalized spacial score (nSPS) is 16.1. The van der Waals surface area contributed by atoms with Crippen LogP contribution in [0.15, 0.2) is 24.3 Å². The van der Waals surface area contributed by atoms with Crippen molar-refractivity contribution in [2.45, 2.75) is 45.6 Å². The summed E-state index contributed by atoms with van der Waals surface area (Å²) in [5.41, 5.74) is 0.218. The lowest BCUT2D eigenvalue weighted by molar-refractivity contribution is -0.146. The van der Waals surface area contributed by atoms with Gasteiger partial charge in [0.05, 0.1) is 11.5 Å². The van der Waals surface area contributed by atoms with Gasteiger partial charge in [-0.05, 0) is 51.2 Å². The van der Waals surface area contributed by atoms with E-state index in [4.69, 9.17) is 4.74 Å². The highest BCUT2D eigenvalue weighted by atomic mass is 16.5. The number of ether oxygens (including phenoxy) is 1. The Kier molecular flexibility index (Phi) is 3.60. The minimum atomic E-state index is -0.777. The van der Waals surface area contributed by atoms with Crippen LogP contribution in [-0.4, -0.2) is 17.2 Å². The van der Waals surface area contributed by atoms with Crippen LogP contribution in [0, 0.1) is 5.41 Å². The maximum absolute atomic E-state index is 11.2. The number of carbonyl (C=O) groups is 1. The van der Waals surface area contributed by atoms with Crippen LogP contribution in [0.2, 0.25) is 0 Å². The molecule has 1 fully saturated rings. The van der Waals surface area contributed by atoms with Gasteiger partial charge < -0.3 is 9.84 Å². The van der Waals surface area contributed by atoms with Gasteiger partial charge >= 0.3 is 5.97 Å². The molecule has 98 valence electrons. The molecule has 0 atom stereocenters. The molecule has 0 bridgehead atoms. The minimum Gasteiger partial charge on any atom is -0.490 e. The molecule has 1 aromatic rings. The minimum absolute atomic E-state index is 0.319. The molecule has 18 heavy (non-hydrogen) atoms. The summed E-state index contributed by atoms with van der Waals surface area (Å²) < 4.78 is 5.91. The number of aliphatic carboxylic acids is 1. The fourth-order valence-corrected chi connectivity index (χ4v) is 1.98. The molecule has 1 aromatic carbocycles. The van der Waals surface area contributed by atoms with Gasteiger partial charge in [0.25, 0.3) is 0 Å². The summed E-state index contributed by atoms with van der Waals surface area (Å²) in [5, 5.41) is 9.19. The number of carboxylic acid groups (broad SMARTS) is 1. The van der Waals surface area contributed by atoms with E-state index in [0.717, 1.165) is 24.2 Å². The highest BCUT2D eigenvalue weighted by molar-refractivity contribution is 5.74. The first-order valence-corrected chi connectivity index (χ1v) is 6.47. The molecular weight excluding hydrogens is 228 g/mol. The maximum Gasteiger partial charge on any atom is 0.309 e. The second-order valence-electron chi connectivity index (χ2n) is 5.64. The molecule has 1 aliphatic carbocycles. The molecule has 0 heterocycles. The van der Waals surface area contributed by atoms with Crippen LogP contribution in [0.4, 0.5) is 0 Å². The zero-order valence-corrected chi connectivity index (χ0v) is 11.0. The van der Waals surface area contributed by atoms with Gasteiger partial charge in [-0.25, -0.2) is 0 Å². The number of carboxylic acids is 1. The van der Waals surface area contributed by atoms with Crippen LogP contribution in [0.25, 0.3) is 0 Å². The van der Waals surface area contributed by atoms with Crippen molar-refractivity contribution in [2.24, 2.45) is 5.41 Å². The van der Waals surface area contributed by atoms with Gasteiger partial charge in [-0.2, -0.15) is 0 Å². The number of hydrogen-bond acceptors (Lipinski definition) is 2. The summed E-state index contributed by atoms with van der Waals surface area (Å²) in [7, 11) is 0. The SMILES string of the molecule is CC(C)(Cc1ccccc1OC1CCC1)C(=O)O. The molecule has 3 heteroatoms. The number of benzene rings is 1. The number of rotatable bonds is 5. The van der Waals surface area contributed by atoms with E-state index in [-0.39, 0.29) is 0 Å². The van der Waals surface area contributed by atoms with Gasteiger partial charge in [-0.15, -0.1) is 0 Å². The standard InChI is InChI=1S/C15H20O3/c1-15(2,14(16)17)10-11-6-3-4-9-13(11)18-12-7-5-8-12/h3-4,6,9,12H,5,7-8,10H2,1-2H3,(H,16,17). The molecule has 3 nitrogen and oxygen atoms in total. The Labute approximate surface area is 108 Å². The average Bonchev–Trinajstić information content (AvgIpc) is 2.24. The third-order valence-electron chi connectivity index (χ3n) is 3.53. The monoisotopic (exact) mass is 248 g/mol. The van der Waals surface area contributed by atoms with Crippen molar-refractivity contribution in [3.05, 3.63) is 29.8 Å². The van der Waals surface area contributed by atoms with Gasteiger partial charge in [-0.1, -0.05) is 18.2 Å². The molecule has 1 saturated carbocycles. The molecule has 1 aliphatic rings. The van der Waals surface area contributed by atoms with Gasteiger partial charge in [0, 0.05) is 0 Å². The van der Waals surface area contributed by atoms with E-state index in [2.05, 4.69) is 0 Å². The fraction of sp³-hybridized carbons (Fsp3) is 0.533. The van der Waals surface area contributed by atoms with Crippen molar-refractivity contribution in [1.82, 2.24) is 0 Å². The quantitative estimate of drug-likeness (QED) is 0.869. The van der Waals surface area contributed by atoms with Crippen molar-refractivity contribution in [3.63, 3.8) is 0 Å². The predicted octanol–water partition coefficient (Wildman–Crippen LogP) is 3.27. The summed E-state index contributed by atoms with van der Waals surface area (Å²) in [6, 6.07) is 7.76. The Bertz CT molecular complexity index is 433. The molecule has 0 radical (unpaired) electrons. The Balaban J connectivity index is 2.13. The van der Waals surface area contributed by atoms with Crippen LogP contribution in [0.5, 0.6) is 5.75 Å². The van der Waals surface area contributed by atoms with E-state index in [1.54, 1.807) is 13.8 Å². The summed E-state index contributed by atoms with van der Waals surface area (Å²) in [6.45, 7) is 3.49. The van der Waals surface area contributed by atoms with Crippen molar-refractivity contribution < 1.29 is 14.6 Å². The smallest absolute Gasteiger partial charge is 0.309 e. The first-order chi connectivity index (χ1) is 8.49.